The van der Waals surface area contributed by atoms with Crippen molar-refractivity contribution in [3.8, 4) is 0 Å². The zero-order chi connectivity index (χ0) is 16.5. The molecule has 2 rings (SSSR count). The van der Waals surface area contributed by atoms with Crippen LogP contribution in [0.1, 0.15) is 17.3 Å². The second-order valence-electron chi connectivity index (χ2n) is 5.03. The summed E-state index contributed by atoms with van der Waals surface area (Å²) in [7, 11) is 0. The van der Waals surface area contributed by atoms with E-state index in [1.165, 1.54) is 24.3 Å². The van der Waals surface area contributed by atoms with Crippen LogP contribution in [0, 0.1) is 5.82 Å². The van der Waals surface area contributed by atoms with Crippen molar-refractivity contribution in [1.29, 1.82) is 0 Å². The van der Waals surface area contributed by atoms with E-state index in [0.29, 0.717) is 18.7 Å². The Balaban J connectivity index is 1.87. The third kappa shape index (κ3) is 5.96. The molecule has 1 fully saturated rings. The molecule has 1 aliphatic heterocycles. The van der Waals surface area contributed by atoms with Gasteiger partial charge in [0.1, 0.15) is 5.82 Å². The molecule has 0 unspecified atom stereocenters. The number of morpholine rings is 1. The van der Waals surface area contributed by atoms with Crippen LogP contribution in [-0.2, 0) is 9.47 Å². The minimum Gasteiger partial charge on any atom is -0.465 e. The number of nitrogens with one attached hydrogen (secondary N) is 1. The summed E-state index contributed by atoms with van der Waals surface area (Å²) in [4.78, 5) is 18.6. The van der Waals surface area contributed by atoms with Crippen molar-refractivity contribution in [2.24, 2.45) is 4.99 Å². The second kappa shape index (κ2) is 9.22. The summed E-state index contributed by atoms with van der Waals surface area (Å²) in [6.45, 7) is 6.79. The molecular weight excluding hydrogens is 301 g/mol. The number of amides is 1. The highest BCUT2D eigenvalue weighted by Gasteiger charge is 2.12. The number of ether oxygens (including phenoxy) is 2. The average Bonchev–Trinajstić information content (AvgIpc) is 2.56. The second-order valence-corrected chi connectivity index (χ2v) is 5.03. The van der Waals surface area contributed by atoms with Crippen LogP contribution in [0.3, 0.4) is 0 Å². The summed E-state index contributed by atoms with van der Waals surface area (Å²) in [5, 5.41) is 2.61. The number of carbonyl (C=O) groups is 1. The minimum atomic E-state index is -0.384. The zero-order valence-corrected chi connectivity index (χ0v) is 13.3. The van der Waals surface area contributed by atoms with Gasteiger partial charge in [0, 0.05) is 25.2 Å². The monoisotopic (exact) mass is 323 g/mol. The summed E-state index contributed by atoms with van der Waals surface area (Å²) in [5.41, 5.74) is 0.354. The van der Waals surface area contributed by atoms with Gasteiger partial charge in [0.25, 0.3) is 11.9 Å². The van der Waals surface area contributed by atoms with Crippen molar-refractivity contribution >= 4 is 11.9 Å². The molecule has 0 atom stereocenters. The topological polar surface area (TPSA) is 63.2 Å². The highest BCUT2D eigenvalue weighted by Crippen LogP contribution is 2.02. The van der Waals surface area contributed by atoms with Gasteiger partial charge in [0.2, 0.25) is 0 Å². The molecule has 1 aromatic carbocycles. The van der Waals surface area contributed by atoms with Gasteiger partial charge in [-0.25, -0.2) is 9.38 Å². The van der Waals surface area contributed by atoms with Crippen LogP contribution in [0.5, 0.6) is 0 Å². The lowest BCUT2D eigenvalue weighted by Gasteiger charge is -2.25. The Bertz CT molecular complexity index is 528. The quantitative estimate of drug-likeness (QED) is 0.655. The number of hydrogen-bond donors (Lipinski definition) is 1. The minimum absolute atomic E-state index is 0.190. The molecule has 0 aliphatic carbocycles. The zero-order valence-electron chi connectivity index (χ0n) is 13.3. The Morgan fingerprint density at radius 3 is 2.70 bits per heavy atom. The Kier molecular flexibility index (Phi) is 6.96. The highest BCUT2D eigenvalue weighted by atomic mass is 19.1. The van der Waals surface area contributed by atoms with Gasteiger partial charge in [-0.15, -0.1) is 0 Å². The van der Waals surface area contributed by atoms with Crippen molar-refractivity contribution in [2.75, 3.05) is 46.0 Å². The molecule has 1 heterocycles. The highest BCUT2D eigenvalue weighted by molar-refractivity contribution is 6.04. The molecule has 7 heteroatoms. The van der Waals surface area contributed by atoms with Crippen LogP contribution in [0.4, 0.5) is 4.39 Å². The van der Waals surface area contributed by atoms with Crippen LogP contribution < -0.4 is 5.32 Å². The third-order valence-electron chi connectivity index (χ3n) is 3.38. The smallest absolute Gasteiger partial charge is 0.291 e. The molecule has 6 nitrogen and oxygen atoms in total. The van der Waals surface area contributed by atoms with Crippen molar-refractivity contribution in [2.45, 2.75) is 6.92 Å². The van der Waals surface area contributed by atoms with E-state index in [1.807, 2.05) is 6.92 Å². The standard InChI is InChI=1S/C16H22FN3O3/c1-2-23-16(18-7-8-20-9-11-22-12-10-20)19-15(21)13-3-5-14(17)6-4-13/h3-6H,2,7-12H2,1H3,(H,18,19,21). The molecule has 1 aromatic rings. The summed E-state index contributed by atoms with van der Waals surface area (Å²) >= 11 is 0. The van der Waals surface area contributed by atoms with E-state index in [0.717, 1.165) is 32.8 Å². The maximum Gasteiger partial charge on any atom is 0.291 e. The number of aliphatic imine (C=N–C) groups is 1. The first-order chi connectivity index (χ1) is 11.2. The Morgan fingerprint density at radius 1 is 1.35 bits per heavy atom. The number of nitrogens with zero attached hydrogens (tertiary/aromatic N) is 2. The molecule has 1 aliphatic rings. The van der Waals surface area contributed by atoms with Crippen LogP contribution in [0.15, 0.2) is 29.3 Å². The molecule has 0 bridgehead atoms. The van der Waals surface area contributed by atoms with Crippen LogP contribution >= 0.6 is 0 Å². The van der Waals surface area contributed by atoms with E-state index in [9.17, 15) is 9.18 Å². The Labute approximate surface area is 135 Å². The summed E-state index contributed by atoms with van der Waals surface area (Å²) in [5.74, 6) is -0.755. The molecule has 0 radical (unpaired) electrons. The number of rotatable bonds is 5. The lowest BCUT2D eigenvalue weighted by molar-refractivity contribution is 0.0394. The molecule has 126 valence electrons. The molecule has 23 heavy (non-hydrogen) atoms. The first-order valence-corrected chi connectivity index (χ1v) is 7.73. The lowest BCUT2D eigenvalue weighted by atomic mass is 10.2. The fraction of sp³-hybridized carbons (Fsp3) is 0.500. The van der Waals surface area contributed by atoms with Gasteiger partial charge in [-0.2, -0.15) is 0 Å². The number of hydrogen-bond acceptors (Lipinski definition) is 5. The fourth-order valence-corrected chi connectivity index (χ4v) is 2.15. The first-order valence-electron chi connectivity index (χ1n) is 7.73. The van der Waals surface area contributed by atoms with E-state index >= 15 is 0 Å². The molecule has 0 spiro atoms. The predicted molar refractivity (Wildman–Crippen MR) is 85.1 cm³/mol. The molecule has 1 N–H and O–H groups in total. The molecule has 0 aromatic heterocycles. The largest absolute Gasteiger partial charge is 0.465 e. The average molecular weight is 323 g/mol. The number of amidine groups is 1. The van der Waals surface area contributed by atoms with Gasteiger partial charge in [0.15, 0.2) is 0 Å². The van der Waals surface area contributed by atoms with Gasteiger partial charge in [0.05, 0.1) is 26.4 Å². The van der Waals surface area contributed by atoms with E-state index < -0.39 is 0 Å². The van der Waals surface area contributed by atoms with Crippen LogP contribution in [0.2, 0.25) is 0 Å². The predicted octanol–water partition coefficient (Wildman–Crippen LogP) is 1.28. The van der Waals surface area contributed by atoms with Crippen molar-refractivity contribution in [3.63, 3.8) is 0 Å². The maximum atomic E-state index is 12.9. The summed E-state index contributed by atoms with van der Waals surface area (Å²) in [6, 6.07) is 5.51. The maximum absolute atomic E-state index is 12.9. The third-order valence-corrected chi connectivity index (χ3v) is 3.38. The van der Waals surface area contributed by atoms with E-state index in [1.54, 1.807) is 0 Å². The lowest BCUT2D eigenvalue weighted by Crippen LogP contribution is -2.38. The van der Waals surface area contributed by atoms with Crippen LogP contribution in [0.25, 0.3) is 0 Å². The number of halogens is 1. The SMILES string of the molecule is CCOC(=NCCN1CCOCC1)NC(=O)c1ccc(F)cc1. The van der Waals surface area contributed by atoms with Crippen molar-refractivity contribution in [1.82, 2.24) is 10.2 Å². The fourth-order valence-electron chi connectivity index (χ4n) is 2.15. The van der Waals surface area contributed by atoms with Gasteiger partial charge < -0.3 is 9.47 Å². The van der Waals surface area contributed by atoms with Gasteiger partial charge in [-0.1, -0.05) is 0 Å². The molecular formula is C16H22FN3O3. The van der Waals surface area contributed by atoms with Crippen LogP contribution in [-0.4, -0.2) is 62.8 Å². The Morgan fingerprint density at radius 2 is 2.04 bits per heavy atom. The molecule has 1 amide bonds. The van der Waals surface area contributed by atoms with E-state index in [4.69, 9.17) is 9.47 Å². The summed E-state index contributed by atoms with van der Waals surface area (Å²) in [6.07, 6.45) is 0. The summed E-state index contributed by atoms with van der Waals surface area (Å²) < 4.78 is 23.5. The number of benzene rings is 1. The van der Waals surface area contributed by atoms with E-state index in [2.05, 4.69) is 15.2 Å². The van der Waals surface area contributed by atoms with Gasteiger partial charge in [-0.05, 0) is 31.2 Å². The van der Waals surface area contributed by atoms with Crippen molar-refractivity contribution < 1.29 is 18.7 Å². The normalized spacial score (nSPS) is 16.2. The van der Waals surface area contributed by atoms with Crippen molar-refractivity contribution in [3.05, 3.63) is 35.6 Å². The first kappa shape index (κ1) is 17.4. The van der Waals surface area contributed by atoms with Gasteiger partial charge in [-0.3, -0.25) is 15.0 Å². The molecule has 0 saturated carbocycles. The molecule has 1 saturated heterocycles. The van der Waals surface area contributed by atoms with E-state index in [-0.39, 0.29) is 17.7 Å². The van der Waals surface area contributed by atoms with Gasteiger partial charge >= 0.3 is 0 Å². The Hall–Kier alpha value is -1.99. The number of carbonyl (C=O) groups excluding carboxylic acids is 1.